The van der Waals surface area contributed by atoms with Crippen LogP contribution in [-0.2, 0) is 13.0 Å². The van der Waals surface area contributed by atoms with Gasteiger partial charge in [-0.25, -0.2) is 4.99 Å². The minimum absolute atomic E-state index is 0.487. The van der Waals surface area contributed by atoms with Gasteiger partial charge in [0.15, 0.2) is 5.96 Å². The van der Waals surface area contributed by atoms with Crippen LogP contribution in [0, 0.1) is 5.92 Å². The van der Waals surface area contributed by atoms with E-state index >= 15 is 0 Å². The highest BCUT2D eigenvalue weighted by molar-refractivity contribution is 9.10. The first kappa shape index (κ1) is 14.2. The summed E-state index contributed by atoms with van der Waals surface area (Å²) in [5.41, 5.74) is 8.16. The summed E-state index contributed by atoms with van der Waals surface area (Å²) < 4.78 is 6.73. The molecule has 0 spiro atoms. The van der Waals surface area contributed by atoms with Crippen LogP contribution >= 0.6 is 15.9 Å². The highest BCUT2D eigenvalue weighted by Crippen LogP contribution is 2.33. The van der Waals surface area contributed by atoms with Crippen molar-refractivity contribution in [3.63, 3.8) is 0 Å². The van der Waals surface area contributed by atoms with Gasteiger partial charge in [-0.3, -0.25) is 0 Å². The van der Waals surface area contributed by atoms with E-state index in [1.807, 2.05) is 6.07 Å². The Labute approximate surface area is 122 Å². The Morgan fingerprint density at radius 2 is 2.32 bits per heavy atom. The number of hydrogen-bond donors (Lipinski definition) is 2. The van der Waals surface area contributed by atoms with Crippen molar-refractivity contribution in [1.82, 2.24) is 5.32 Å². The van der Waals surface area contributed by atoms with E-state index in [0.29, 0.717) is 18.4 Å². The summed E-state index contributed by atoms with van der Waals surface area (Å²) in [4.78, 5) is 4.37. The Morgan fingerprint density at radius 3 is 3.05 bits per heavy atom. The van der Waals surface area contributed by atoms with Crippen molar-refractivity contribution in [3.8, 4) is 5.75 Å². The molecule has 1 heterocycles. The highest BCUT2D eigenvalue weighted by atomic mass is 79.9. The third kappa shape index (κ3) is 3.86. The van der Waals surface area contributed by atoms with Gasteiger partial charge in [0.25, 0.3) is 0 Å². The summed E-state index contributed by atoms with van der Waals surface area (Å²) in [6.45, 7) is 6.40. The molecule has 1 aliphatic heterocycles. The van der Waals surface area contributed by atoms with Crippen LogP contribution < -0.4 is 15.8 Å². The molecule has 104 valence electrons. The van der Waals surface area contributed by atoms with E-state index in [1.54, 1.807) is 0 Å². The highest BCUT2D eigenvalue weighted by Gasteiger charge is 2.17. The Kier molecular flexibility index (Phi) is 4.69. The number of ether oxygens (including phenoxy) is 1. The Morgan fingerprint density at radius 1 is 1.53 bits per heavy atom. The van der Waals surface area contributed by atoms with Gasteiger partial charge < -0.3 is 15.8 Å². The minimum Gasteiger partial charge on any atom is -0.493 e. The monoisotopic (exact) mass is 325 g/mol. The number of guanidine groups is 1. The van der Waals surface area contributed by atoms with Gasteiger partial charge in [0.1, 0.15) is 5.75 Å². The van der Waals surface area contributed by atoms with Crippen molar-refractivity contribution in [3.05, 3.63) is 27.7 Å². The molecule has 0 fully saturated rings. The van der Waals surface area contributed by atoms with Gasteiger partial charge in [0, 0.05) is 23.0 Å². The summed E-state index contributed by atoms with van der Waals surface area (Å²) >= 11 is 3.52. The summed E-state index contributed by atoms with van der Waals surface area (Å²) in [6.07, 6.45) is 0.965. The minimum atomic E-state index is 0.487. The lowest BCUT2D eigenvalue weighted by atomic mass is 10.1. The first-order chi connectivity index (χ1) is 9.06. The van der Waals surface area contributed by atoms with Crippen LogP contribution in [-0.4, -0.2) is 19.1 Å². The molecule has 0 saturated heterocycles. The fourth-order valence-electron chi connectivity index (χ4n) is 2.00. The van der Waals surface area contributed by atoms with Gasteiger partial charge in [-0.15, -0.1) is 0 Å². The number of halogens is 1. The van der Waals surface area contributed by atoms with E-state index in [-0.39, 0.29) is 0 Å². The van der Waals surface area contributed by atoms with Gasteiger partial charge in [0.05, 0.1) is 13.2 Å². The van der Waals surface area contributed by atoms with Crippen molar-refractivity contribution < 1.29 is 4.74 Å². The molecule has 0 saturated carbocycles. The number of benzene rings is 1. The molecule has 0 radical (unpaired) electrons. The largest absolute Gasteiger partial charge is 0.493 e. The Hall–Kier alpha value is -1.23. The van der Waals surface area contributed by atoms with Crippen LogP contribution in [0.2, 0.25) is 0 Å². The van der Waals surface area contributed by atoms with Crippen LogP contribution in [0.3, 0.4) is 0 Å². The molecule has 0 aromatic heterocycles. The van der Waals surface area contributed by atoms with Crippen LogP contribution in [0.25, 0.3) is 0 Å². The van der Waals surface area contributed by atoms with Gasteiger partial charge in [-0.2, -0.15) is 0 Å². The number of nitrogens with one attached hydrogen (secondary N) is 1. The standard InChI is InChI=1S/C14H20BrN3O/c1-9(2)7-17-14(16)18-8-11-6-12(15)5-10-3-4-19-13(10)11/h5-6,9H,3-4,7-8H2,1-2H3,(H3,16,17,18). The van der Waals surface area contributed by atoms with Crippen molar-refractivity contribution in [2.45, 2.75) is 26.8 Å². The Bertz CT molecular complexity index is 486. The fraction of sp³-hybridized carbons (Fsp3) is 0.500. The molecule has 0 unspecified atom stereocenters. The number of hydrogen-bond acceptors (Lipinski definition) is 2. The third-order valence-electron chi connectivity index (χ3n) is 2.94. The predicted octanol–water partition coefficient (Wildman–Crippen LogP) is 2.44. The third-order valence-corrected chi connectivity index (χ3v) is 3.39. The van der Waals surface area contributed by atoms with E-state index in [0.717, 1.165) is 35.4 Å². The van der Waals surface area contributed by atoms with E-state index in [2.05, 4.69) is 46.2 Å². The van der Waals surface area contributed by atoms with Gasteiger partial charge in [0.2, 0.25) is 0 Å². The predicted molar refractivity (Wildman–Crippen MR) is 81.5 cm³/mol. The second kappa shape index (κ2) is 6.28. The number of nitrogens with zero attached hydrogens (tertiary/aromatic N) is 1. The summed E-state index contributed by atoms with van der Waals surface area (Å²) in [5, 5.41) is 3.11. The maximum Gasteiger partial charge on any atom is 0.188 e. The molecule has 0 atom stereocenters. The summed E-state index contributed by atoms with van der Waals surface area (Å²) in [5.74, 6) is 2.01. The smallest absolute Gasteiger partial charge is 0.188 e. The summed E-state index contributed by atoms with van der Waals surface area (Å²) in [6, 6.07) is 4.15. The molecule has 5 heteroatoms. The first-order valence-electron chi connectivity index (χ1n) is 6.54. The molecule has 2 rings (SSSR count). The Balaban J connectivity index is 2.05. The van der Waals surface area contributed by atoms with Gasteiger partial charge >= 0.3 is 0 Å². The lowest BCUT2D eigenvalue weighted by molar-refractivity contribution is 0.353. The topological polar surface area (TPSA) is 59.6 Å². The van der Waals surface area contributed by atoms with Crippen LogP contribution in [0.4, 0.5) is 0 Å². The molecule has 4 nitrogen and oxygen atoms in total. The van der Waals surface area contributed by atoms with Gasteiger partial charge in [-0.1, -0.05) is 29.8 Å². The lowest BCUT2D eigenvalue weighted by Gasteiger charge is -2.09. The van der Waals surface area contributed by atoms with Crippen molar-refractivity contribution in [2.24, 2.45) is 16.6 Å². The van der Waals surface area contributed by atoms with Crippen molar-refractivity contribution in [1.29, 1.82) is 0 Å². The molecule has 1 aromatic rings. The zero-order valence-corrected chi connectivity index (χ0v) is 13.0. The number of nitrogens with two attached hydrogens (primary N) is 1. The average molecular weight is 326 g/mol. The van der Waals surface area contributed by atoms with Crippen LogP contribution in [0.5, 0.6) is 5.75 Å². The number of aliphatic imine (C=N–C) groups is 1. The molecule has 0 aliphatic carbocycles. The van der Waals surface area contributed by atoms with Crippen molar-refractivity contribution in [2.75, 3.05) is 13.2 Å². The van der Waals surface area contributed by atoms with E-state index < -0.39 is 0 Å². The van der Waals surface area contributed by atoms with E-state index in [4.69, 9.17) is 10.5 Å². The van der Waals surface area contributed by atoms with E-state index in [9.17, 15) is 0 Å². The molecule has 1 aromatic carbocycles. The number of rotatable bonds is 4. The molecule has 1 aliphatic rings. The maximum atomic E-state index is 5.84. The SMILES string of the molecule is CC(C)CNC(N)=NCc1cc(Br)cc2c1OCC2. The fourth-order valence-corrected chi connectivity index (χ4v) is 2.55. The number of fused-ring (bicyclic) bond motifs is 1. The lowest BCUT2D eigenvalue weighted by Crippen LogP contribution is -2.34. The van der Waals surface area contributed by atoms with Crippen LogP contribution in [0.1, 0.15) is 25.0 Å². The van der Waals surface area contributed by atoms with Gasteiger partial charge in [-0.05, 0) is 23.6 Å². The molecule has 0 bridgehead atoms. The zero-order valence-electron chi connectivity index (χ0n) is 11.4. The maximum absolute atomic E-state index is 5.84. The zero-order chi connectivity index (χ0) is 13.8. The molecule has 3 N–H and O–H groups in total. The van der Waals surface area contributed by atoms with Crippen molar-refractivity contribution >= 4 is 21.9 Å². The average Bonchev–Trinajstić information content (AvgIpc) is 2.81. The molecule has 19 heavy (non-hydrogen) atoms. The van der Waals surface area contributed by atoms with E-state index in [1.165, 1.54) is 5.56 Å². The first-order valence-corrected chi connectivity index (χ1v) is 7.33. The molecule has 0 amide bonds. The molecular formula is C14H20BrN3O. The summed E-state index contributed by atoms with van der Waals surface area (Å²) in [7, 11) is 0. The second-order valence-electron chi connectivity index (χ2n) is 5.13. The normalized spacial score (nSPS) is 14.4. The van der Waals surface area contributed by atoms with Crippen LogP contribution in [0.15, 0.2) is 21.6 Å². The quantitative estimate of drug-likeness (QED) is 0.660. The molecular weight excluding hydrogens is 306 g/mol. The second-order valence-corrected chi connectivity index (χ2v) is 6.04.